The van der Waals surface area contributed by atoms with Gasteiger partial charge in [0.05, 0.1) is 0 Å². The second-order valence-electron chi connectivity index (χ2n) is 3.06. The molecule has 0 heterocycles. The number of alkyl halides is 6. The summed E-state index contributed by atoms with van der Waals surface area (Å²) in [5.41, 5.74) is 0.00625. The summed E-state index contributed by atoms with van der Waals surface area (Å²) in [6.07, 6.45) is -6.37. The largest absolute Gasteiger partial charge is 0.573 e. The molecule has 96 valence electrons. The van der Waals surface area contributed by atoms with Crippen LogP contribution in [0.4, 0.5) is 13.2 Å². The first kappa shape index (κ1) is 14.7. The molecule has 1 unspecified atom stereocenters. The summed E-state index contributed by atoms with van der Waals surface area (Å²) < 4.78 is 37.5. The van der Waals surface area contributed by atoms with Gasteiger partial charge in [0.2, 0.25) is 3.79 Å². The minimum Gasteiger partial charge on any atom is -0.406 e. The summed E-state index contributed by atoms with van der Waals surface area (Å²) in [5, 5.41) is 9.55. The van der Waals surface area contributed by atoms with Crippen molar-refractivity contribution in [1.82, 2.24) is 0 Å². The van der Waals surface area contributed by atoms with Crippen LogP contribution in [0, 0.1) is 0 Å². The first-order valence-corrected chi connectivity index (χ1v) is 5.33. The second-order valence-corrected chi connectivity index (χ2v) is 5.43. The highest BCUT2D eigenvalue weighted by Gasteiger charge is 2.34. The third-order valence-corrected chi connectivity index (χ3v) is 2.34. The van der Waals surface area contributed by atoms with Crippen molar-refractivity contribution in [3.63, 3.8) is 0 Å². The number of rotatable bonds is 2. The summed E-state index contributed by atoms with van der Waals surface area (Å²) in [6.45, 7) is 0. The molecule has 0 spiro atoms. The molecule has 0 radical (unpaired) electrons. The predicted molar refractivity (Wildman–Crippen MR) is 58.4 cm³/mol. The van der Waals surface area contributed by atoms with Crippen LogP contribution >= 0.6 is 34.8 Å². The van der Waals surface area contributed by atoms with Crippen molar-refractivity contribution in [3.8, 4) is 5.75 Å². The topological polar surface area (TPSA) is 29.5 Å². The van der Waals surface area contributed by atoms with E-state index in [-0.39, 0.29) is 5.56 Å². The molecule has 0 aliphatic carbocycles. The monoisotopic (exact) mass is 308 g/mol. The van der Waals surface area contributed by atoms with E-state index < -0.39 is 22.0 Å². The lowest BCUT2D eigenvalue weighted by Crippen LogP contribution is -2.19. The maximum Gasteiger partial charge on any atom is 0.573 e. The zero-order valence-electron chi connectivity index (χ0n) is 8.01. The molecule has 0 aliphatic rings. The van der Waals surface area contributed by atoms with Crippen molar-refractivity contribution < 1.29 is 23.0 Å². The molecule has 1 aromatic carbocycles. The van der Waals surface area contributed by atoms with Gasteiger partial charge in [-0.25, -0.2) is 0 Å². The minimum atomic E-state index is -4.82. The SMILES string of the molecule is OC(c1cccc(OC(F)(F)F)c1)C(Cl)(Cl)Cl. The normalized spacial score (nSPS) is 14.5. The highest BCUT2D eigenvalue weighted by molar-refractivity contribution is 6.68. The number of hydrogen-bond acceptors (Lipinski definition) is 2. The first-order valence-electron chi connectivity index (χ1n) is 4.20. The van der Waals surface area contributed by atoms with Crippen molar-refractivity contribution >= 4 is 34.8 Å². The van der Waals surface area contributed by atoms with Gasteiger partial charge in [0.15, 0.2) is 0 Å². The average molecular weight is 309 g/mol. The molecule has 2 nitrogen and oxygen atoms in total. The van der Waals surface area contributed by atoms with Crippen molar-refractivity contribution in [1.29, 1.82) is 0 Å². The van der Waals surface area contributed by atoms with E-state index in [0.717, 1.165) is 12.1 Å². The Balaban J connectivity index is 2.94. The molecule has 1 aromatic rings. The van der Waals surface area contributed by atoms with E-state index in [1.165, 1.54) is 12.1 Å². The number of hydrogen-bond donors (Lipinski definition) is 1. The summed E-state index contributed by atoms with van der Waals surface area (Å²) >= 11 is 16.3. The number of halogens is 6. The molecule has 0 bridgehead atoms. The van der Waals surface area contributed by atoms with Crippen LogP contribution in [0.2, 0.25) is 0 Å². The molecule has 0 aromatic heterocycles. The molecule has 0 saturated heterocycles. The Hall–Kier alpha value is -0.360. The van der Waals surface area contributed by atoms with E-state index in [4.69, 9.17) is 34.8 Å². The molecule has 8 heteroatoms. The van der Waals surface area contributed by atoms with Gasteiger partial charge in [0.1, 0.15) is 11.9 Å². The number of aliphatic hydroxyl groups is 1. The van der Waals surface area contributed by atoms with Crippen molar-refractivity contribution in [2.75, 3.05) is 0 Å². The van der Waals surface area contributed by atoms with E-state index in [0.29, 0.717) is 0 Å². The van der Waals surface area contributed by atoms with Crippen LogP contribution in [0.5, 0.6) is 5.75 Å². The highest BCUT2D eigenvalue weighted by atomic mass is 35.6. The number of aliphatic hydroxyl groups excluding tert-OH is 1. The molecular formula is C9H6Cl3F3O2. The summed E-state index contributed by atoms with van der Waals surface area (Å²) in [5.74, 6) is -0.497. The fourth-order valence-electron chi connectivity index (χ4n) is 1.07. The van der Waals surface area contributed by atoms with Gasteiger partial charge in [-0.2, -0.15) is 0 Å². The lowest BCUT2D eigenvalue weighted by molar-refractivity contribution is -0.274. The van der Waals surface area contributed by atoms with Gasteiger partial charge in [-0.3, -0.25) is 0 Å². The van der Waals surface area contributed by atoms with Crippen LogP contribution in [-0.4, -0.2) is 15.3 Å². The van der Waals surface area contributed by atoms with Crippen LogP contribution in [0.3, 0.4) is 0 Å². The molecule has 0 aliphatic heterocycles. The molecule has 1 N–H and O–H groups in total. The van der Waals surface area contributed by atoms with Gasteiger partial charge in [-0.15, -0.1) is 13.2 Å². The third kappa shape index (κ3) is 4.79. The number of benzene rings is 1. The van der Waals surface area contributed by atoms with E-state index in [9.17, 15) is 18.3 Å². The third-order valence-electron chi connectivity index (χ3n) is 1.72. The second kappa shape index (κ2) is 5.10. The van der Waals surface area contributed by atoms with E-state index >= 15 is 0 Å². The summed E-state index contributed by atoms with van der Waals surface area (Å²) in [4.78, 5) is 0. The summed E-state index contributed by atoms with van der Waals surface area (Å²) in [7, 11) is 0. The Bertz CT molecular complexity index is 390. The minimum absolute atomic E-state index is 0.00625. The van der Waals surface area contributed by atoms with Crippen molar-refractivity contribution in [2.45, 2.75) is 16.3 Å². The van der Waals surface area contributed by atoms with Crippen molar-refractivity contribution in [3.05, 3.63) is 29.8 Å². The molecule has 1 atom stereocenters. The first-order chi connectivity index (χ1) is 7.59. The Labute approximate surface area is 110 Å². The Morgan fingerprint density at radius 1 is 1.18 bits per heavy atom. The zero-order valence-corrected chi connectivity index (χ0v) is 10.3. The Kier molecular flexibility index (Phi) is 4.41. The molecule has 0 amide bonds. The maximum absolute atomic E-state index is 11.9. The molecule has 0 fully saturated rings. The molecule has 0 saturated carbocycles. The quantitative estimate of drug-likeness (QED) is 0.837. The van der Waals surface area contributed by atoms with Crippen LogP contribution in [0.25, 0.3) is 0 Å². The van der Waals surface area contributed by atoms with Crippen LogP contribution in [0.15, 0.2) is 24.3 Å². The van der Waals surface area contributed by atoms with Crippen LogP contribution < -0.4 is 4.74 Å². The van der Waals surface area contributed by atoms with E-state index in [1.54, 1.807) is 0 Å². The predicted octanol–water partition coefficient (Wildman–Crippen LogP) is 3.99. The number of ether oxygens (including phenoxy) is 1. The fourth-order valence-corrected chi connectivity index (χ4v) is 1.45. The lowest BCUT2D eigenvalue weighted by atomic mass is 10.1. The van der Waals surface area contributed by atoms with Crippen LogP contribution in [0.1, 0.15) is 11.7 Å². The average Bonchev–Trinajstić information content (AvgIpc) is 2.12. The van der Waals surface area contributed by atoms with Gasteiger partial charge in [0, 0.05) is 0 Å². The van der Waals surface area contributed by atoms with Crippen LogP contribution in [-0.2, 0) is 0 Å². The van der Waals surface area contributed by atoms with Gasteiger partial charge in [-0.05, 0) is 17.7 Å². The van der Waals surface area contributed by atoms with E-state index in [2.05, 4.69) is 4.74 Å². The highest BCUT2D eigenvalue weighted by Crippen LogP contribution is 2.40. The standard InChI is InChI=1S/C9H6Cl3F3O2/c10-8(11,12)7(16)5-2-1-3-6(4-5)17-9(13,14)15/h1-4,7,16H. The maximum atomic E-state index is 11.9. The Morgan fingerprint density at radius 3 is 2.24 bits per heavy atom. The van der Waals surface area contributed by atoms with E-state index in [1.807, 2.05) is 0 Å². The molecular weight excluding hydrogens is 303 g/mol. The fraction of sp³-hybridized carbons (Fsp3) is 0.333. The van der Waals surface area contributed by atoms with Gasteiger partial charge in [-0.1, -0.05) is 46.9 Å². The molecule has 1 rings (SSSR count). The van der Waals surface area contributed by atoms with Gasteiger partial charge >= 0.3 is 6.36 Å². The van der Waals surface area contributed by atoms with Gasteiger partial charge in [0.25, 0.3) is 0 Å². The molecule has 17 heavy (non-hydrogen) atoms. The van der Waals surface area contributed by atoms with Gasteiger partial charge < -0.3 is 9.84 Å². The zero-order chi connectivity index (χ0) is 13.3. The summed E-state index contributed by atoms with van der Waals surface area (Å²) in [6, 6.07) is 4.58. The smallest absolute Gasteiger partial charge is 0.406 e. The lowest BCUT2D eigenvalue weighted by Gasteiger charge is -2.19. The Morgan fingerprint density at radius 2 is 1.76 bits per heavy atom. The van der Waals surface area contributed by atoms with Crippen molar-refractivity contribution in [2.24, 2.45) is 0 Å².